The standard InChI is InChI=1S/C20H17FN4O3S2/c21-14-9-12(5-6-15(14)25-7-1-4-18(25)27)22-17(26)10-13-11-30-20(23-13)24-19(28)16-3-2-8-29-16/h2-3,5-6,8-9,11H,1,4,7,10H2,(H,22,26)(H,23,24,28). The van der Waals surface area contributed by atoms with Crippen LogP contribution >= 0.6 is 22.7 Å². The van der Waals surface area contributed by atoms with E-state index in [2.05, 4.69) is 15.6 Å². The van der Waals surface area contributed by atoms with Crippen LogP contribution in [0, 0.1) is 5.82 Å². The lowest BCUT2D eigenvalue weighted by Crippen LogP contribution is -2.24. The highest BCUT2D eigenvalue weighted by molar-refractivity contribution is 7.14. The zero-order valence-corrected chi connectivity index (χ0v) is 17.3. The predicted octanol–water partition coefficient (Wildman–Crippen LogP) is 3.90. The van der Waals surface area contributed by atoms with Crippen molar-refractivity contribution < 1.29 is 18.8 Å². The van der Waals surface area contributed by atoms with Crippen molar-refractivity contribution in [3.8, 4) is 0 Å². The highest BCUT2D eigenvalue weighted by atomic mass is 32.1. The molecule has 0 bridgehead atoms. The number of thiophene rings is 1. The van der Waals surface area contributed by atoms with Gasteiger partial charge in [-0.2, -0.15) is 0 Å². The summed E-state index contributed by atoms with van der Waals surface area (Å²) in [6.45, 7) is 0.497. The second-order valence-electron chi connectivity index (χ2n) is 6.62. The smallest absolute Gasteiger partial charge is 0.267 e. The van der Waals surface area contributed by atoms with E-state index in [1.54, 1.807) is 23.6 Å². The third-order valence-corrected chi connectivity index (χ3v) is 6.13. The number of amides is 3. The molecule has 7 nitrogen and oxygen atoms in total. The minimum absolute atomic E-state index is 0.0145. The van der Waals surface area contributed by atoms with E-state index in [0.29, 0.717) is 40.8 Å². The van der Waals surface area contributed by atoms with Gasteiger partial charge in [0.1, 0.15) is 5.82 Å². The van der Waals surface area contributed by atoms with Gasteiger partial charge in [-0.15, -0.1) is 22.7 Å². The van der Waals surface area contributed by atoms with Gasteiger partial charge in [-0.3, -0.25) is 19.7 Å². The fourth-order valence-corrected chi connectivity index (χ4v) is 4.41. The third kappa shape index (κ3) is 4.55. The lowest BCUT2D eigenvalue weighted by Gasteiger charge is -2.17. The molecule has 0 aliphatic carbocycles. The number of nitrogens with zero attached hydrogens (tertiary/aromatic N) is 2. The highest BCUT2D eigenvalue weighted by Crippen LogP contribution is 2.27. The molecule has 0 spiro atoms. The number of thiazole rings is 1. The Morgan fingerprint density at radius 2 is 2.07 bits per heavy atom. The largest absolute Gasteiger partial charge is 0.326 e. The van der Waals surface area contributed by atoms with Crippen molar-refractivity contribution in [3.63, 3.8) is 0 Å². The number of anilines is 3. The first kappa shape index (κ1) is 20.2. The average Bonchev–Trinajstić information content (AvgIpc) is 3.45. The summed E-state index contributed by atoms with van der Waals surface area (Å²) in [6, 6.07) is 7.76. The molecule has 3 amide bonds. The summed E-state index contributed by atoms with van der Waals surface area (Å²) in [5, 5.41) is 9.23. The first-order chi connectivity index (χ1) is 14.5. The zero-order valence-electron chi connectivity index (χ0n) is 15.7. The summed E-state index contributed by atoms with van der Waals surface area (Å²) >= 11 is 2.55. The van der Waals surface area contributed by atoms with Crippen molar-refractivity contribution in [2.75, 3.05) is 22.1 Å². The SMILES string of the molecule is O=C(Cc1csc(NC(=O)c2cccs2)n1)Nc1ccc(N2CCCC2=O)c(F)c1. The third-order valence-electron chi connectivity index (χ3n) is 4.45. The highest BCUT2D eigenvalue weighted by Gasteiger charge is 2.24. The number of hydrogen-bond donors (Lipinski definition) is 2. The Hall–Kier alpha value is -3.11. The molecule has 1 aliphatic heterocycles. The Labute approximate surface area is 179 Å². The Morgan fingerprint density at radius 3 is 2.77 bits per heavy atom. The van der Waals surface area contributed by atoms with E-state index >= 15 is 0 Å². The molecule has 1 fully saturated rings. The van der Waals surface area contributed by atoms with Crippen LogP contribution in [-0.2, 0) is 16.0 Å². The van der Waals surface area contributed by atoms with Gasteiger partial charge < -0.3 is 10.2 Å². The molecule has 2 N–H and O–H groups in total. The number of carbonyl (C=O) groups excluding carboxylic acids is 3. The Morgan fingerprint density at radius 1 is 1.20 bits per heavy atom. The quantitative estimate of drug-likeness (QED) is 0.603. The second kappa shape index (κ2) is 8.72. The number of nitrogens with one attached hydrogen (secondary N) is 2. The van der Waals surface area contributed by atoms with Crippen LogP contribution in [0.1, 0.15) is 28.2 Å². The Kier molecular flexibility index (Phi) is 5.86. The van der Waals surface area contributed by atoms with Crippen molar-refractivity contribution in [1.29, 1.82) is 0 Å². The lowest BCUT2D eigenvalue weighted by molar-refractivity contribution is -0.117. The van der Waals surface area contributed by atoms with Crippen molar-refractivity contribution in [1.82, 2.24) is 4.98 Å². The maximum atomic E-state index is 14.4. The fraction of sp³-hybridized carbons (Fsp3) is 0.200. The summed E-state index contributed by atoms with van der Waals surface area (Å²) in [5.74, 6) is -1.27. The monoisotopic (exact) mass is 444 g/mol. The fourth-order valence-electron chi connectivity index (χ4n) is 3.09. The van der Waals surface area contributed by atoms with Gasteiger partial charge in [0.15, 0.2) is 5.13 Å². The number of benzene rings is 1. The van der Waals surface area contributed by atoms with Gasteiger partial charge >= 0.3 is 0 Å². The van der Waals surface area contributed by atoms with Gasteiger partial charge in [0, 0.05) is 24.0 Å². The second-order valence-corrected chi connectivity index (χ2v) is 8.42. The van der Waals surface area contributed by atoms with Crippen LogP contribution in [0.4, 0.5) is 20.9 Å². The number of rotatable bonds is 6. The van der Waals surface area contributed by atoms with Crippen LogP contribution in [0.25, 0.3) is 0 Å². The molecule has 4 rings (SSSR count). The molecule has 0 atom stereocenters. The average molecular weight is 445 g/mol. The summed E-state index contributed by atoms with van der Waals surface area (Å²) in [6.07, 6.45) is 1.11. The van der Waals surface area contributed by atoms with Crippen LogP contribution in [0.15, 0.2) is 41.1 Å². The molecule has 1 aromatic carbocycles. The van der Waals surface area contributed by atoms with Crippen LogP contribution in [0.5, 0.6) is 0 Å². The van der Waals surface area contributed by atoms with Crippen LogP contribution in [-0.4, -0.2) is 29.3 Å². The minimum Gasteiger partial charge on any atom is -0.326 e. The summed E-state index contributed by atoms with van der Waals surface area (Å²) in [7, 11) is 0. The first-order valence-electron chi connectivity index (χ1n) is 9.18. The van der Waals surface area contributed by atoms with Crippen LogP contribution in [0.2, 0.25) is 0 Å². The van der Waals surface area contributed by atoms with Crippen LogP contribution in [0.3, 0.4) is 0 Å². The molecule has 2 aromatic heterocycles. The van der Waals surface area contributed by atoms with E-state index in [9.17, 15) is 18.8 Å². The lowest BCUT2D eigenvalue weighted by atomic mass is 10.2. The molecular weight excluding hydrogens is 427 g/mol. The zero-order chi connectivity index (χ0) is 21.1. The Bertz CT molecular complexity index is 1100. The van der Waals surface area contributed by atoms with Crippen LogP contribution < -0.4 is 15.5 Å². The molecule has 0 unspecified atom stereocenters. The molecule has 1 saturated heterocycles. The molecule has 154 valence electrons. The Balaban J connectivity index is 1.35. The van der Waals surface area contributed by atoms with Crippen molar-refractivity contribution in [2.45, 2.75) is 19.3 Å². The molecular formula is C20H17FN4O3S2. The molecule has 3 heterocycles. The van der Waals surface area contributed by atoms with Gasteiger partial charge in [0.25, 0.3) is 5.91 Å². The van der Waals surface area contributed by atoms with E-state index in [1.807, 2.05) is 5.38 Å². The summed E-state index contributed by atoms with van der Waals surface area (Å²) in [4.78, 5) is 42.4. The first-order valence-corrected chi connectivity index (χ1v) is 10.9. The van der Waals surface area contributed by atoms with E-state index in [0.717, 1.165) is 0 Å². The number of hydrogen-bond acceptors (Lipinski definition) is 6. The predicted molar refractivity (Wildman–Crippen MR) is 115 cm³/mol. The van der Waals surface area contributed by atoms with E-state index in [4.69, 9.17) is 0 Å². The minimum atomic E-state index is -0.560. The van der Waals surface area contributed by atoms with Gasteiger partial charge in [-0.25, -0.2) is 9.37 Å². The van der Waals surface area contributed by atoms with E-state index in [-0.39, 0.29) is 29.8 Å². The summed E-state index contributed by atoms with van der Waals surface area (Å²) in [5.41, 5.74) is 1.02. The molecule has 0 radical (unpaired) electrons. The molecule has 10 heteroatoms. The van der Waals surface area contributed by atoms with Crippen molar-refractivity contribution in [2.24, 2.45) is 0 Å². The van der Waals surface area contributed by atoms with Gasteiger partial charge in [0.2, 0.25) is 11.8 Å². The van der Waals surface area contributed by atoms with Gasteiger partial charge in [-0.05, 0) is 36.1 Å². The van der Waals surface area contributed by atoms with Gasteiger partial charge in [-0.1, -0.05) is 6.07 Å². The summed E-state index contributed by atoms with van der Waals surface area (Å²) < 4.78 is 14.4. The van der Waals surface area contributed by atoms with E-state index in [1.165, 1.54) is 39.7 Å². The number of aromatic nitrogens is 1. The number of halogens is 1. The maximum Gasteiger partial charge on any atom is 0.267 e. The molecule has 1 aliphatic rings. The maximum absolute atomic E-state index is 14.4. The topological polar surface area (TPSA) is 91.4 Å². The van der Waals surface area contributed by atoms with E-state index < -0.39 is 5.82 Å². The number of carbonyl (C=O) groups is 3. The molecule has 30 heavy (non-hydrogen) atoms. The normalized spacial score (nSPS) is 13.5. The molecule has 3 aromatic rings. The molecule has 0 saturated carbocycles. The van der Waals surface area contributed by atoms with Gasteiger partial charge in [0.05, 0.1) is 22.7 Å². The van der Waals surface area contributed by atoms with Crippen molar-refractivity contribution in [3.05, 3.63) is 57.5 Å². The van der Waals surface area contributed by atoms with Crippen molar-refractivity contribution >= 4 is 56.9 Å².